The second-order valence-electron chi connectivity index (χ2n) is 4.09. The number of aliphatic hydroxyl groups is 2. The highest BCUT2D eigenvalue weighted by molar-refractivity contribution is 5.02. The van der Waals surface area contributed by atoms with Gasteiger partial charge in [0.1, 0.15) is 12.3 Å². The molecule has 0 aliphatic carbocycles. The summed E-state index contributed by atoms with van der Waals surface area (Å²) in [5, 5.41) is 18.5. The molecule has 1 aromatic rings. The largest absolute Gasteiger partial charge is 0.394 e. The van der Waals surface area contributed by atoms with E-state index in [9.17, 15) is 14.7 Å². The minimum atomic E-state index is -0.816. The number of nitrogens with one attached hydrogen (secondary N) is 1. The minimum absolute atomic E-state index is 0.205. The summed E-state index contributed by atoms with van der Waals surface area (Å²) in [4.78, 5) is 24.9. The Morgan fingerprint density at radius 1 is 1.59 bits per heavy atom. The van der Waals surface area contributed by atoms with E-state index >= 15 is 0 Å². The third-order valence-electron chi connectivity index (χ3n) is 2.84. The lowest BCUT2D eigenvalue weighted by Crippen LogP contribution is -2.33. The fraction of sp³-hybridized carbons (Fsp3) is 0.600. The van der Waals surface area contributed by atoms with Gasteiger partial charge in [-0.05, 0) is 6.92 Å². The highest BCUT2D eigenvalue weighted by atomic mass is 16.5. The molecule has 0 aromatic carbocycles. The Bertz CT molecular complexity index is 520. The van der Waals surface area contributed by atoms with Gasteiger partial charge in [-0.25, -0.2) is 4.79 Å². The predicted molar refractivity (Wildman–Crippen MR) is 57.7 cm³/mol. The smallest absolute Gasteiger partial charge is 0.330 e. The van der Waals surface area contributed by atoms with Crippen molar-refractivity contribution in [3.8, 4) is 0 Å². The predicted octanol–water partition coefficient (Wildman–Crippen LogP) is -1.51. The number of nitrogens with zero attached hydrogens (tertiary/aromatic N) is 1. The van der Waals surface area contributed by atoms with Crippen molar-refractivity contribution in [2.75, 3.05) is 6.61 Å². The van der Waals surface area contributed by atoms with Crippen molar-refractivity contribution in [2.24, 2.45) is 0 Å². The molecule has 0 unspecified atom stereocenters. The van der Waals surface area contributed by atoms with Gasteiger partial charge in [0, 0.05) is 18.2 Å². The molecule has 0 radical (unpaired) electrons. The molecule has 94 valence electrons. The fourth-order valence-electron chi connectivity index (χ4n) is 1.85. The molecule has 7 nitrogen and oxygen atoms in total. The molecular formula is C10H14N2O5. The highest BCUT2D eigenvalue weighted by Gasteiger charge is 2.34. The van der Waals surface area contributed by atoms with Crippen LogP contribution in [0.25, 0.3) is 0 Å². The second-order valence-corrected chi connectivity index (χ2v) is 4.09. The number of aromatic amines is 1. The van der Waals surface area contributed by atoms with Crippen LogP contribution in [0.3, 0.4) is 0 Å². The second kappa shape index (κ2) is 4.44. The Hall–Kier alpha value is -1.44. The number of hydrogen-bond acceptors (Lipinski definition) is 5. The van der Waals surface area contributed by atoms with E-state index < -0.39 is 29.7 Å². The number of aromatic nitrogens is 2. The monoisotopic (exact) mass is 241 g/mol. The van der Waals surface area contributed by atoms with Gasteiger partial charge in [0.15, 0.2) is 0 Å². The van der Waals surface area contributed by atoms with E-state index in [0.29, 0.717) is 5.56 Å². The Balaban J connectivity index is 2.34. The van der Waals surface area contributed by atoms with Gasteiger partial charge in [0.2, 0.25) is 0 Å². The normalized spacial score (nSPS) is 28.5. The molecule has 1 aliphatic rings. The van der Waals surface area contributed by atoms with Crippen LogP contribution in [0, 0.1) is 6.92 Å². The Labute approximate surface area is 96.3 Å². The standard InChI is InChI=1S/C10H14N2O5/c1-5-3-12(10(16)11-9(5)15)8-2-6(14)7(4-13)17-8/h3,6-8,13-14H,2,4H2,1H3,(H,11,15,16)/t6-,7+,8+/m0/s1/i10-1. The number of hydrogen-bond donors (Lipinski definition) is 3. The van der Waals surface area contributed by atoms with Crippen LogP contribution in [0.4, 0.5) is 0 Å². The number of rotatable bonds is 2. The summed E-state index contributed by atoms with van der Waals surface area (Å²) in [6.07, 6.45) is -0.581. The average molecular weight is 241 g/mol. The summed E-state index contributed by atoms with van der Waals surface area (Å²) in [6.45, 7) is 1.26. The summed E-state index contributed by atoms with van der Waals surface area (Å²) in [7, 11) is 0. The topological polar surface area (TPSA) is 105 Å². The Kier molecular flexibility index (Phi) is 3.14. The van der Waals surface area contributed by atoms with E-state index in [0.717, 1.165) is 0 Å². The van der Waals surface area contributed by atoms with E-state index in [1.807, 2.05) is 0 Å². The van der Waals surface area contributed by atoms with Crippen molar-refractivity contribution >= 4 is 0 Å². The van der Waals surface area contributed by atoms with Crippen LogP contribution >= 0.6 is 0 Å². The van der Waals surface area contributed by atoms with E-state index in [-0.39, 0.29) is 13.0 Å². The van der Waals surface area contributed by atoms with E-state index in [1.54, 1.807) is 6.92 Å². The molecule has 0 saturated carbocycles. The lowest BCUT2D eigenvalue weighted by atomic mass is 10.2. The minimum Gasteiger partial charge on any atom is -0.394 e. The lowest BCUT2D eigenvalue weighted by Gasteiger charge is -2.14. The van der Waals surface area contributed by atoms with Gasteiger partial charge in [0.05, 0.1) is 12.7 Å². The van der Waals surface area contributed by atoms with Crippen molar-refractivity contribution in [1.82, 2.24) is 9.55 Å². The number of H-pyrrole nitrogens is 1. The molecule has 2 heterocycles. The molecule has 3 N–H and O–H groups in total. The summed E-state index contributed by atoms with van der Waals surface area (Å²) in [5.74, 6) is 0. The first-order chi connectivity index (χ1) is 8.02. The van der Waals surface area contributed by atoms with Crippen LogP contribution in [-0.2, 0) is 4.74 Å². The van der Waals surface area contributed by atoms with Crippen LogP contribution in [0.1, 0.15) is 18.2 Å². The van der Waals surface area contributed by atoms with E-state index in [1.165, 1.54) is 10.8 Å². The zero-order valence-electron chi connectivity index (χ0n) is 9.29. The van der Waals surface area contributed by atoms with Crippen molar-refractivity contribution in [3.05, 3.63) is 32.6 Å². The summed E-state index contributed by atoms with van der Waals surface area (Å²) < 4.78 is 6.54. The molecule has 1 aromatic heterocycles. The molecule has 0 bridgehead atoms. The molecule has 17 heavy (non-hydrogen) atoms. The van der Waals surface area contributed by atoms with E-state index in [4.69, 9.17) is 9.84 Å². The maximum Gasteiger partial charge on any atom is 0.330 e. The van der Waals surface area contributed by atoms with Gasteiger partial charge in [-0.2, -0.15) is 0 Å². The quantitative estimate of drug-likeness (QED) is 0.583. The Morgan fingerprint density at radius 3 is 2.88 bits per heavy atom. The molecule has 3 atom stereocenters. The maximum absolute atomic E-state index is 11.6. The number of ether oxygens (including phenoxy) is 1. The van der Waals surface area contributed by atoms with Gasteiger partial charge in [-0.3, -0.25) is 14.3 Å². The summed E-state index contributed by atoms with van der Waals surface area (Å²) in [6, 6.07) is 0. The fourth-order valence-corrected chi connectivity index (χ4v) is 1.85. The van der Waals surface area contributed by atoms with Gasteiger partial charge < -0.3 is 14.9 Å². The lowest BCUT2D eigenvalue weighted by molar-refractivity contribution is -0.0459. The van der Waals surface area contributed by atoms with Gasteiger partial charge in [-0.1, -0.05) is 0 Å². The number of aliphatic hydroxyl groups excluding tert-OH is 2. The first kappa shape index (κ1) is 12.0. The first-order valence-corrected chi connectivity index (χ1v) is 5.29. The van der Waals surface area contributed by atoms with Crippen LogP contribution in [0.5, 0.6) is 0 Å². The zero-order chi connectivity index (χ0) is 12.6. The van der Waals surface area contributed by atoms with Gasteiger partial charge in [0.25, 0.3) is 5.56 Å². The van der Waals surface area contributed by atoms with Crippen LogP contribution < -0.4 is 11.2 Å². The molecule has 0 spiro atoms. The zero-order valence-corrected chi connectivity index (χ0v) is 9.29. The maximum atomic E-state index is 11.6. The summed E-state index contributed by atoms with van der Waals surface area (Å²) >= 11 is 0. The van der Waals surface area contributed by atoms with Crippen LogP contribution in [0.15, 0.2) is 15.8 Å². The van der Waals surface area contributed by atoms with E-state index in [2.05, 4.69) is 4.98 Å². The van der Waals surface area contributed by atoms with Gasteiger partial charge in [-0.15, -0.1) is 0 Å². The molecular weight excluding hydrogens is 227 g/mol. The van der Waals surface area contributed by atoms with Gasteiger partial charge >= 0.3 is 5.69 Å². The number of aryl methyl sites for hydroxylation is 1. The third-order valence-corrected chi connectivity index (χ3v) is 2.84. The van der Waals surface area contributed by atoms with Crippen molar-refractivity contribution in [2.45, 2.75) is 31.8 Å². The highest BCUT2D eigenvalue weighted by Crippen LogP contribution is 2.27. The molecule has 0 amide bonds. The van der Waals surface area contributed by atoms with Crippen LogP contribution in [-0.4, -0.2) is 38.6 Å². The van der Waals surface area contributed by atoms with Crippen molar-refractivity contribution in [1.29, 1.82) is 0 Å². The molecule has 2 rings (SSSR count). The summed E-state index contributed by atoms with van der Waals surface area (Å²) in [5.41, 5.74) is -0.643. The average Bonchev–Trinajstić information content (AvgIpc) is 2.65. The molecule has 1 aliphatic heterocycles. The van der Waals surface area contributed by atoms with Crippen molar-refractivity contribution < 1.29 is 14.9 Å². The van der Waals surface area contributed by atoms with Crippen molar-refractivity contribution in [3.63, 3.8) is 0 Å². The Morgan fingerprint density at radius 2 is 2.29 bits per heavy atom. The third kappa shape index (κ3) is 2.17. The molecule has 7 heteroatoms. The molecule has 1 fully saturated rings. The first-order valence-electron chi connectivity index (χ1n) is 5.29. The SMILES string of the molecule is Cc1cn([C@H]2C[C@H](O)[C@@H](CO)O2)[11c](=O)[nH]c1=O. The van der Waals surface area contributed by atoms with Crippen LogP contribution in [0.2, 0.25) is 0 Å². The molecule has 1 saturated heterocycles.